The summed E-state index contributed by atoms with van der Waals surface area (Å²) in [6, 6.07) is 1.37. The minimum absolute atomic E-state index is 0. The van der Waals surface area contributed by atoms with Crippen LogP contribution in [0.5, 0.6) is 5.75 Å². The third-order valence-electron chi connectivity index (χ3n) is 2.50. The van der Waals surface area contributed by atoms with Crippen molar-refractivity contribution in [3.05, 3.63) is 28.5 Å². The zero-order valence-corrected chi connectivity index (χ0v) is 13.9. The van der Waals surface area contributed by atoms with E-state index in [9.17, 15) is 23.1 Å². The van der Waals surface area contributed by atoms with Crippen LogP contribution in [0.3, 0.4) is 0 Å². The van der Waals surface area contributed by atoms with Crippen molar-refractivity contribution in [1.29, 1.82) is 0 Å². The Labute approximate surface area is 141 Å². The summed E-state index contributed by atoms with van der Waals surface area (Å²) in [4.78, 5) is 10.6. The molecule has 3 nitrogen and oxygen atoms in total. The van der Waals surface area contributed by atoms with Crippen LogP contribution in [-0.2, 0) is 10.7 Å². The van der Waals surface area contributed by atoms with Gasteiger partial charge >= 0.3 is 29.6 Å². The van der Waals surface area contributed by atoms with Crippen molar-refractivity contribution in [3.8, 4) is 5.75 Å². The summed E-state index contributed by atoms with van der Waals surface area (Å²) in [6.07, 6.45) is -2.06. The van der Waals surface area contributed by atoms with E-state index in [1.165, 1.54) is 6.92 Å². The van der Waals surface area contributed by atoms with Gasteiger partial charge in [-0.3, -0.25) is 0 Å². The molecular formula is C12H11ClF3NaO3. The molecule has 0 aliphatic heterocycles. The molecule has 106 valence electrons. The maximum absolute atomic E-state index is 13.7. The van der Waals surface area contributed by atoms with Gasteiger partial charge in [0.1, 0.15) is 17.7 Å². The number of hydrogen-bond donors (Lipinski definition) is 0. The molecule has 8 heteroatoms. The number of rotatable bonds is 5. The van der Waals surface area contributed by atoms with Gasteiger partial charge in [-0.2, -0.15) is 0 Å². The third-order valence-corrected chi connectivity index (χ3v) is 2.79. The maximum atomic E-state index is 13.7. The minimum atomic E-state index is -3.35. The van der Waals surface area contributed by atoms with Gasteiger partial charge in [-0.05, 0) is 13.0 Å². The average molecular weight is 319 g/mol. The van der Waals surface area contributed by atoms with Crippen molar-refractivity contribution in [2.24, 2.45) is 0 Å². The van der Waals surface area contributed by atoms with Gasteiger partial charge in [-0.25, -0.2) is 13.2 Å². The second-order valence-electron chi connectivity index (χ2n) is 3.90. The molecule has 1 atom stereocenters. The topological polar surface area (TPSA) is 49.4 Å². The van der Waals surface area contributed by atoms with Gasteiger partial charge < -0.3 is 14.6 Å². The van der Waals surface area contributed by atoms with Crippen LogP contribution < -0.4 is 39.4 Å². The molecule has 0 fully saturated rings. The number of carboxylic acid groups (broad SMARTS) is 1. The molecule has 1 rings (SSSR count). The van der Waals surface area contributed by atoms with Gasteiger partial charge in [0, 0.05) is 12.5 Å². The average Bonchev–Trinajstić information content (AvgIpc) is 2.33. The Morgan fingerprint density at radius 2 is 2.05 bits per heavy atom. The van der Waals surface area contributed by atoms with Gasteiger partial charge in [-0.15, -0.1) is 0 Å². The number of ether oxygens (including phenoxy) is 1. The fourth-order valence-corrected chi connectivity index (χ4v) is 1.49. The van der Waals surface area contributed by atoms with Crippen LogP contribution in [0.15, 0.2) is 12.1 Å². The number of halogens is 4. The Kier molecular flexibility index (Phi) is 7.38. The van der Waals surface area contributed by atoms with E-state index in [0.717, 1.165) is 13.0 Å². The predicted molar refractivity (Wildman–Crippen MR) is 60.7 cm³/mol. The summed E-state index contributed by atoms with van der Waals surface area (Å²) in [5, 5.41) is 10.1. The molecule has 0 unspecified atom stereocenters. The molecule has 0 N–H and O–H groups in total. The second-order valence-corrected chi connectivity index (χ2v) is 4.31. The molecule has 1 aromatic rings. The van der Waals surface area contributed by atoms with Crippen LogP contribution >= 0.6 is 11.6 Å². The van der Waals surface area contributed by atoms with E-state index in [4.69, 9.17) is 16.3 Å². The van der Waals surface area contributed by atoms with Gasteiger partial charge in [-0.1, -0.05) is 18.5 Å². The Balaban J connectivity index is 0.00000361. The molecule has 20 heavy (non-hydrogen) atoms. The SMILES string of the molecule is CCC(F)(F)c1cc(F)c(Cl)cc1O[C@@H](C)C(=O)[O-].[Na+]. The van der Waals surface area contributed by atoms with Crippen LogP contribution in [0.1, 0.15) is 25.8 Å². The Morgan fingerprint density at radius 1 is 1.50 bits per heavy atom. The Morgan fingerprint density at radius 3 is 2.50 bits per heavy atom. The third kappa shape index (κ3) is 4.55. The van der Waals surface area contributed by atoms with Crippen LogP contribution in [0.4, 0.5) is 13.2 Å². The van der Waals surface area contributed by atoms with Crippen molar-refractivity contribution in [3.63, 3.8) is 0 Å². The first-order valence-corrected chi connectivity index (χ1v) is 5.81. The maximum Gasteiger partial charge on any atom is 1.00 e. The number of benzene rings is 1. The van der Waals surface area contributed by atoms with Crippen LogP contribution in [0, 0.1) is 5.82 Å². The zero-order valence-electron chi connectivity index (χ0n) is 11.2. The van der Waals surface area contributed by atoms with Crippen molar-refractivity contribution >= 4 is 17.6 Å². The van der Waals surface area contributed by atoms with Crippen LogP contribution in [0.2, 0.25) is 5.02 Å². The summed E-state index contributed by atoms with van der Waals surface area (Å²) >= 11 is 5.48. The van der Waals surface area contributed by atoms with Crippen molar-refractivity contribution < 1.29 is 57.4 Å². The number of carbonyl (C=O) groups excluding carboxylic acids is 1. The summed E-state index contributed by atoms with van der Waals surface area (Å²) in [6.45, 7) is 2.32. The summed E-state index contributed by atoms with van der Waals surface area (Å²) in [5.41, 5.74) is -0.745. The summed E-state index contributed by atoms with van der Waals surface area (Å²) < 4.78 is 45.4. The van der Waals surface area contributed by atoms with Crippen LogP contribution in [-0.4, -0.2) is 12.1 Å². The van der Waals surface area contributed by atoms with Gasteiger partial charge in [0.2, 0.25) is 0 Å². The number of hydrogen-bond acceptors (Lipinski definition) is 3. The molecule has 0 aliphatic rings. The fourth-order valence-electron chi connectivity index (χ4n) is 1.34. The standard InChI is InChI=1S/C12H12ClF3O3.Na/c1-3-12(15,16)7-4-9(14)8(13)5-10(7)19-6(2)11(17)18;/h4-6H,3H2,1-2H3,(H,17,18);/q;+1/p-1/t6-;/m0./s1. The monoisotopic (exact) mass is 318 g/mol. The largest absolute Gasteiger partial charge is 1.00 e. The van der Waals surface area contributed by atoms with E-state index >= 15 is 0 Å². The van der Waals surface area contributed by atoms with Crippen molar-refractivity contribution in [2.75, 3.05) is 0 Å². The molecule has 0 aliphatic carbocycles. The minimum Gasteiger partial charge on any atom is -0.546 e. The Hall–Kier alpha value is -0.430. The molecule has 0 radical (unpaired) electrons. The molecule has 0 amide bonds. The van der Waals surface area contributed by atoms with E-state index in [1.54, 1.807) is 0 Å². The van der Waals surface area contributed by atoms with Gasteiger partial charge in [0.15, 0.2) is 0 Å². The van der Waals surface area contributed by atoms with E-state index in [1.807, 2.05) is 0 Å². The number of carboxylic acids is 1. The molecule has 0 heterocycles. The van der Waals surface area contributed by atoms with E-state index < -0.39 is 46.6 Å². The van der Waals surface area contributed by atoms with Crippen molar-refractivity contribution in [1.82, 2.24) is 0 Å². The van der Waals surface area contributed by atoms with Gasteiger partial charge in [0.05, 0.1) is 16.6 Å². The number of aliphatic carboxylic acids is 1. The number of carbonyl (C=O) groups is 1. The first-order valence-electron chi connectivity index (χ1n) is 5.44. The molecule has 0 bridgehead atoms. The molecule has 0 aromatic heterocycles. The van der Waals surface area contributed by atoms with E-state index in [0.29, 0.717) is 6.07 Å². The first-order chi connectivity index (χ1) is 8.69. The molecule has 1 aromatic carbocycles. The second kappa shape index (κ2) is 7.54. The summed E-state index contributed by atoms with van der Waals surface area (Å²) in [5.74, 6) is -6.44. The van der Waals surface area contributed by atoms with Gasteiger partial charge in [0.25, 0.3) is 5.92 Å². The smallest absolute Gasteiger partial charge is 0.546 e. The molecule has 0 saturated carbocycles. The zero-order chi connectivity index (χ0) is 14.8. The molecular weight excluding hydrogens is 308 g/mol. The summed E-state index contributed by atoms with van der Waals surface area (Å²) in [7, 11) is 0. The van der Waals surface area contributed by atoms with E-state index in [2.05, 4.69) is 0 Å². The number of alkyl halides is 2. The van der Waals surface area contributed by atoms with Crippen molar-refractivity contribution in [2.45, 2.75) is 32.3 Å². The molecule has 0 saturated heterocycles. The normalized spacial score (nSPS) is 12.5. The van der Waals surface area contributed by atoms with Crippen LogP contribution in [0.25, 0.3) is 0 Å². The van der Waals surface area contributed by atoms with E-state index in [-0.39, 0.29) is 29.6 Å². The Bertz CT molecular complexity index is 497. The predicted octanol–water partition coefficient (Wildman–Crippen LogP) is -0.498. The fraction of sp³-hybridized carbons (Fsp3) is 0.417. The first kappa shape index (κ1) is 19.6. The quantitative estimate of drug-likeness (QED) is 0.688. The molecule has 0 spiro atoms.